The highest BCUT2D eigenvalue weighted by molar-refractivity contribution is 8.00. The summed E-state index contributed by atoms with van der Waals surface area (Å²) in [6.45, 7) is 3.69. The number of rotatable bonds is 4. The average molecular weight is 318 g/mol. The largest absolute Gasteiger partial charge is 0.360 e. The van der Waals surface area contributed by atoms with Gasteiger partial charge in [0.05, 0.1) is 12.2 Å². The van der Waals surface area contributed by atoms with E-state index >= 15 is 0 Å². The fourth-order valence-electron chi connectivity index (χ4n) is 3.43. The first-order valence-electron chi connectivity index (χ1n) is 8.56. The molecule has 3 nitrogen and oxygen atoms in total. The van der Waals surface area contributed by atoms with Crippen molar-refractivity contribution in [2.24, 2.45) is 0 Å². The van der Waals surface area contributed by atoms with Gasteiger partial charge in [-0.3, -0.25) is 4.79 Å². The van der Waals surface area contributed by atoms with E-state index in [1.807, 2.05) is 11.8 Å². The number of anilines is 1. The Morgan fingerprint density at radius 2 is 2.05 bits per heavy atom. The number of carbonyl (C=O) groups excluding carboxylic acids is 1. The van der Waals surface area contributed by atoms with Crippen LogP contribution >= 0.6 is 11.8 Å². The van der Waals surface area contributed by atoms with Gasteiger partial charge < -0.3 is 10.2 Å². The molecule has 120 valence electrons. The van der Waals surface area contributed by atoms with Crippen LogP contribution in [0.5, 0.6) is 0 Å². The SMILES string of the molecule is CCC1CN(CC(=O)NC2CCCCC2)c2ccccc2S1. The first-order chi connectivity index (χ1) is 10.8. The van der Waals surface area contributed by atoms with Gasteiger partial charge in [0.2, 0.25) is 5.91 Å². The van der Waals surface area contributed by atoms with Crippen molar-refractivity contribution in [3.8, 4) is 0 Å². The van der Waals surface area contributed by atoms with Gasteiger partial charge in [-0.1, -0.05) is 38.3 Å². The predicted octanol–water partition coefficient (Wildman–Crippen LogP) is 3.83. The van der Waals surface area contributed by atoms with Crippen molar-refractivity contribution >= 4 is 23.4 Å². The molecule has 0 spiro atoms. The number of thioether (sulfide) groups is 1. The normalized spacial score (nSPS) is 22.2. The highest BCUT2D eigenvalue weighted by Gasteiger charge is 2.26. The van der Waals surface area contributed by atoms with E-state index in [1.54, 1.807) is 0 Å². The summed E-state index contributed by atoms with van der Waals surface area (Å²) in [4.78, 5) is 16.0. The van der Waals surface area contributed by atoms with E-state index in [4.69, 9.17) is 0 Å². The summed E-state index contributed by atoms with van der Waals surface area (Å²) in [6.07, 6.45) is 7.27. The highest BCUT2D eigenvalue weighted by Crippen LogP contribution is 2.39. The maximum absolute atomic E-state index is 12.4. The quantitative estimate of drug-likeness (QED) is 0.916. The minimum atomic E-state index is 0.184. The summed E-state index contributed by atoms with van der Waals surface area (Å²) in [5.74, 6) is 0.184. The van der Waals surface area contributed by atoms with Crippen LogP contribution in [0, 0.1) is 0 Å². The predicted molar refractivity (Wildman–Crippen MR) is 93.6 cm³/mol. The zero-order valence-electron chi connectivity index (χ0n) is 13.4. The lowest BCUT2D eigenvalue weighted by molar-refractivity contribution is -0.120. The number of benzene rings is 1. The molecule has 1 unspecified atom stereocenters. The summed E-state index contributed by atoms with van der Waals surface area (Å²) in [5.41, 5.74) is 1.22. The second kappa shape index (κ2) is 7.40. The van der Waals surface area contributed by atoms with E-state index in [9.17, 15) is 4.79 Å². The van der Waals surface area contributed by atoms with Crippen molar-refractivity contribution in [1.82, 2.24) is 5.32 Å². The third-order valence-electron chi connectivity index (χ3n) is 4.68. The number of carbonyl (C=O) groups is 1. The van der Waals surface area contributed by atoms with Crippen molar-refractivity contribution in [1.29, 1.82) is 0 Å². The number of nitrogens with zero attached hydrogens (tertiary/aromatic N) is 1. The van der Waals surface area contributed by atoms with Crippen LogP contribution in [-0.4, -0.2) is 30.3 Å². The number of para-hydroxylation sites is 1. The summed E-state index contributed by atoms with van der Waals surface area (Å²) in [6, 6.07) is 8.87. The second-order valence-corrected chi connectivity index (χ2v) is 7.74. The molecule has 1 aliphatic carbocycles. The van der Waals surface area contributed by atoms with Crippen molar-refractivity contribution in [3.63, 3.8) is 0 Å². The highest BCUT2D eigenvalue weighted by atomic mass is 32.2. The van der Waals surface area contributed by atoms with Crippen LogP contribution in [-0.2, 0) is 4.79 Å². The minimum absolute atomic E-state index is 0.184. The number of amides is 1. The zero-order valence-corrected chi connectivity index (χ0v) is 14.2. The standard InChI is InChI=1S/C18H26N2OS/c1-2-15-12-20(16-10-6-7-11-17(16)22-15)13-18(21)19-14-8-4-3-5-9-14/h6-7,10-11,14-15H,2-5,8-9,12-13H2,1H3,(H,19,21). The maximum atomic E-state index is 12.4. The van der Waals surface area contributed by atoms with Crippen molar-refractivity contribution in [2.75, 3.05) is 18.0 Å². The number of hydrogen-bond donors (Lipinski definition) is 1. The van der Waals surface area contributed by atoms with E-state index in [0.29, 0.717) is 17.8 Å². The van der Waals surface area contributed by atoms with Crippen LogP contribution in [0.4, 0.5) is 5.69 Å². The molecule has 1 aromatic carbocycles. The topological polar surface area (TPSA) is 32.3 Å². The van der Waals surface area contributed by atoms with Crippen molar-refractivity contribution in [3.05, 3.63) is 24.3 Å². The van der Waals surface area contributed by atoms with Crippen LogP contribution in [0.3, 0.4) is 0 Å². The van der Waals surface area contributed by atoms with Crippen LogP contribution in [0.15, 0.2) is 29.2 Å². The third kappa shape index (κ3) is 3.78. The molecule has 3 rings (SSSR count). The first-order valence-corrected chi connectivity index (χ1v) is 9.44. The molecular weight excluding hydrogens is 292 g/mol. The van der Waals surface area contributed by atoms with Gasteiger partial charge in [0.1, 0.15) is 0 Å². The molecule has 1 saturated carbocycles. The Hall–Kier alpha value is -1.16. The molecule has 1 aliphatic heterocycles. The van der Waals surface area contributed by atoms with Gasteiger partial charge in [-0.2, -0.15) is 0 Å². The fourth-order valence-corrected chi connectivity index (χ4v) is 4.69. The summed E-state index contributed by atoms with van der Waals surface area (Å²) in [7, 11) is 0. The minimum Gasteiger partial charge on any atom is -0.360 e. The molecular formula is C18H26N2OS. The Bertz CT molecular complexity index is 514. The lowest BCUT2D eigenvalue weighted by Gasteiger charge is -2.35. The summed E-state index contributed by atoms with van der Waals surface area (Å²) >= 11 is 1.95. The van der Waals surface area contributed by atoms with Crippen molar-refractivity contribution in [2.45, 2.75) is 61.6 Å². The Labute approximate surface area is 137 Å². The van der Waals surface area contributed by atoms with Crippen LogP contribution in [0.25, 0.3) is 0 Å². The smallest absolute Gasteiger partial charge is 0.239 e. The maximum Gasteiger partial charge on any atom is 0.239 e. The zero-order chi connectivity index (χ0) is 15.4. The second-order valence-electron chi connectivity index (χ2n) is 6.40. The number of fused-ring (bicyclic) bond motifs is 1. The molecule has 0 saturated heterocycles. The van der Waals surface area contributed by atoms with E-state index in [-0.39, 0.29) is 5.91 Å². The third-order valence-corrected chi connectivity index (χ3v) is 6.10. The molecule has 0 radical (unpaired) electrons. The molecule has 1 aromatic rings. The van der Waals surface area contributed by atoms with E-state index in [2.05, 4.69) is 41.4 Å². The monoisotopic (exact) mass is 318 g/mol. The van der Waals surface area contributed by atoms with Crippen LogP contribution in [0.2, 0.25) is 0 Å². The molecule has 22 heavy (non-hydrogen) atoms. The fraction of sp³-hybridized carbons (Fsp3) is 0.611. The molecule has 0 aromatic heterocycles. The molecule has 1 fully saturated rings. The Morgan fingerprint density at radius 1 is 1.27 bits per heavy atom. The molecule has 1 amide bonds. The van der Waals surface area contributed by atoms with E-state index in [1.165, 1.54) is 29.8 Å². The van der Waals surface area contributed by atoms with Crippen LogP contribution in [0.1, 0.15) is 45.4 Å². The molecule has 2 aliphatic rings. The number of nitrogens with one attached hydrogen (secondary N) is 1. The molecule has 1 atom stereocenters. The summed E-state index contributed by atoms with van der Waals surface area (Å²) < 4.78 is 0. The van der Waals surface area contributed by atoms with Gasteiger partial charge >= 0.3 is 0 Å². The first kappa shape index (κ1) is 15.7. The van der Waals surface area contributed by atoms with Gasteiger partial charge in [-0.15, -0.1) is 11.8 Å². The van der Waals surface area contributed by atoms with Gasteiger partial charge in [0, 0.05) is 22.7 Å². The average Bonchev–Trinajstić information content (AvgIpc) is 2.55. The Kier molecular flexibility index (Phi) is 5.29. The number of hydrogen-bond acceptors (Lipinski definition) is 3. The van der Waals surface area contributed by atoms with E-state index < -0.39 is 0 Å². The van der Waals surface area contributed by atoms with E-state index in [0.717, 1.165) is 25.8 Å². The Morgan fingerprint density at radius 3 is 2.82 bits per heavy atom. The van der Waals surface area contributed by atoms with Gasteiger partial charge in [0.25, 0.3) is 0 Å². The lowest BCUT2D eigenvalue weighted by atomic mass is 9.95. The molecule has 1 heterocycles. The van der Waals surface area contributed by atoms with Gasteiger partial charge in [-0.05, 0) is 31.4 Å². The molecule has 4 heteroatoms. The summed E-state index contributed by atoms with van der Waals surface area (Å²) in [5, 5.41) is 3.82. The van der Waals surface area contributed by atoms with Gasteiger partial charge in [0.15, 0.2) is 0 Å². The Balaban J connectivity index is 1.64. The van der Waals surface area contributed by atoms with Crippen LogP contribution < -0.4 is 10.2 Å². The molecule has 0 bridgehead atoms. The van der Waals surface area contributed by atoms with Gasteiger partial charge in [-0.25, -0.2) is 0 Å². The molecule has 1 N–H and O–H groups in total. The lowest BCUT2D eigenvalue weighted by Crippen LogP contribution is -2.45. The van der Waals surface area contributed by atoms with Crippen molar-refractivity contribution < 1.29 is 4.79 Å².